The van der Waals surface area contributed by atoms with Crippen LogP contribution in [0.4, 0.5) is 0 Å². The number of hydrogen-bond donors (Lipinski definition) is 2. The molecule has 2 aromatic carbocycles. The van der Waals surface area contributed by atoms with Crippen molar-refractivity contribution in [3.63, 3.8) is 0 Å². The van der Waals surface area contributed by atoms with E-state index < -0.39 is 23.5 Å². The van der Waals surface area contributed by atoms with Gasteiger partial charge in [-0.3, -0.25) is 4.79 Å². The molecule has 32 heavy (non-hydrogen) atoms. The number of nitrogens with one attached hydrogen (secondary N) is 1. The number of methoxy groups -OCH3 is 2. The van der Waals surface area contributed by atoms with E-state index in [1.54, 1.807) is 26.3 Å². The van der Waals surface area contributed by atoms with Gasteiger partial charge < -0.3 is 29.5 Å². The van der Waals surface area contributed by atoms with Crippen LogP contribution in [0, 0.1) is 5.92 Å². The Morgan fingerprint density at radius 1 is 1.09 bits per heavy atom. The monoisotopic (exact) mass is 442 g/mol. The first-order chi connectivity index (χ1) is 15.5. The number of nitrogens with zero attached hydrogens (tertiary/aromatic N) is 1. The molecule has 1 aliphatic heterocycles. The molecule has 0 unspecified atom stereocenters. The van der Waals surface area contributed by atoms with E-state index in [2.05, 4.69) is 5.32 Å². The van der Waals surface area contributed by atoms with Gasteiger partial charge in [0.15, 0.2) is 5.54 Å². The number of benzene rings is 2. The van der Waals surface area contributed by atoms with Gasteiger partial charge in [-0.15, -0.1) is 0 Å². The van der Waals surface area contributed by atoms with Crippen LogP contribution in [0.3, 0.4) is 0 Å². The first kappa shape index (κ1) is 23.7. The summed E-state index contributed by atoms with van der Waals surface area (Å²) in [6.07, 6.45) is -1.30. The summed E-state index contributed by atoms with van der Waals surface area (Å²) in [6.45, 7) is 0.367. The van der Waals surface area contributed by atoms with Gasteiger partial charge >= 0.3 is 5.97 Å². The van der Waals surface area contributed by atoms with E-state index in [1.165, 1.54) is 12.0 Å². The standard InChI is InChI=1S/C24H30N2O6/c1-25-13-20-21(27)24(23(29)31-3,16-32-15-18-7-5-4-6-8-18)26(22(20)28)14-17-9-11-19(30-2)12-10-17/h4-12,20-21,25,27H,13-16H2,1-3H3/t20-,21+,24-/m1/s1. The van der Waals surface area contributed by atoms with Crippen LogP contribution >= 0.6 is 0 Å². The third-order valence-electron chi connectivity index (χ3n) is 5.83. The lowest BCUT2D eigenvalue weighted by Crippen LogP contribution is -2.61. The minimum atomic E-state index is -1.66. The van der Waals surface area contributed by atoms with Crippen LogP contribution in [0.15, 0.2) is 54.6 Å². The maximum atomic E-state index is 13.3. The van der Waals surface area contributed by atoms with Gasteiger partial charge in [-0.25, -0.2) is 4.79 Å². The van der Waals surface area contributed by atoms with Crippen LogP contribution in [0.1, 0.15) is 11.1 Å². The molecule has 1 amide bonds. The predicted molar refractivity (Wildman–Crippen MR) is 118 cm³/mol. The number of carbonyl (C=O) groups excluding carboxylic acids is 2. The fourth-order valence-corrected chi connectivity index (χ4v) is 4.10. The number of aliphatic hydroxyl groups is 1. The smallest absolute Gasteiger partial charge is 0.337 e. The molecule has 0 bridgehead atoms. The van der Waals surface area contributed by atoms with E-state index in [0.717, 1.165) is 11.1 Å². The molecule has 3 rings (SSSR count). The van der Waals surface area contributed by atoms with Gasteiger partial charge in [0, 0.05) is 13.1 Å². The van der Waals surface area contributed by atoms with Crippen molar-refractivity contribution >= 4 is 11.9 Å². The highest BCUT2D eigenvalue weighted by atomic mass is 16.5. The molecule has 1 aliphatic rings. The number of hydrogen-bond acceptors (Lipinski definition) is 7. The third kappa shape index (κ3) is 4.62. The van der Waals surface area contributed by atoms with E-state index in [4.69, 9.17) is 14.2 Å². The summed E-state index contributed by atoms with van der Waals surface area (Å²) in [4.78, 5) is 27.8. The number of esters is 1. The van der Waals surface area contributed by atoms with Crippen molar-refractivity contribution in [2.24, 2.45) is 5.92 Å². The lowest BCUT2D eigenvalue weighted by atomic mass is 9.88. The summed E-state index contributed by atoms with van der Waals surface area (Å²) in [5.74, 6) is -1.17. The van der Waals surface area contributed by atoms with Gasteiger partial charge in [0.05, 0.1) is 33.4 Å². The predicted octanol–water partition coefficient (Wildman–Crippen LogP) is 1.36. The topological polar surface area (TPSA) is 97.3 Å². The molecule has 2 aromatic rings. The molecule has 8 heteroatoms. The zero-order chi connectivity index (χ0) is 23.1. The van der Waals surface area contributed by atoms with Crippen molar-refractivity contribution < 1.29 is 28.9 Å². The minimum absolute atomic E-state index is 0.115. The SMILES string of the molecule is CNC[C@H]1C(=O)N(Cc2ccc(OC)cc2)[C@@](COCc2ccccc2)(C(=O)OC)[C@H]1O. The minimum Gasteiger partial charge on any atom is -0.497 e. The lowest BCUT2D eigenvalue weighted by Gasteiger charge is -2.37. The zero-order valence-corrected chi connectivity index (χ0v) is 18.6. The number of amides is 1. The molecule has 3 atom stereocenters. The van der Waals surface area contributed by atoms with Gasteiger partial charge in [-0.2, -0.15) is 0 Å². The Hall–Kier alpha value is -2.94. The maximum Gasteiger partial charge on any atom is 0.337 e. The number of rotatable bonds is 10. The molecule has 172 valence electrons. The Kier molecular flexibility index (Phi) is 7.84. The molecule has 2 N–H and O–H groups in total. The van der Waals surface area contributed by atoms with E-state index in [0.29, 0.717) is 5.75 Å². The first-order valence-corrected chi connectivity index (χ1v) is 10.4. The van der Waals surface area contributed by atoms with E-state index in [-0.39, 0.29) is 32.2 Å². The average Bonchev–Trinajstić information content (AvgIpc) is 3.02. The average molecular weight is 443 g/mol. The summed E-state index contributed by atoms with van der Waals surface area (Å²) in [5.41, 5.74) is 0.0369. The zero-order valence-electron chi connectivity index (χ0n) is 18.6. The Balaban J connectivity index is 1.93. The van der Waals surface area contributed by atoms with Crippen LogP contribution in [0.25, 0.3) is 0 Å². The Labute approximate surface area is 188 Å². The third-order valence-corrected chi connectivity index (χ3v) is 5.83. The molecule has 0 aromatic heterocycles. The van der Waals surface area contributed by atoms with Gasteiger partial charge in [0.2, 0.25) is 5.91 Å². The highest BCUT2D eigenvalue weighted by Crippen LogP contribution is 2.38. The van der Waals surface area contributed by atoms with Gasteiger partial charge in [-0.05, 0) is 30.3 Å². The van der Waals surface area contributed by atoms with Crippen LogP contribution in [0.2, 0.25) is 0 Å². The first-order valence-electron chi connectivity index (χ1n) is 10.4. The molecule has 0 aliphatic carbocycles. The molecular formula is C24H30N2O6. The second-order valence-electron chi connectivity index (χ2n) is 7.78. The summed E-state index contributed by atoms with van der Waals surface area (Å²) >= 11 is 0. The molecule has 0 radical (unpaired) electrons. The van der Waals surface area contributed by atoms with Crippen LogP contribution in [-0.4, -0.2) is 67.9 Å². The normalized spacial score (nSPS) is 22.8. The highest BCUT2D eigenvalue weighted by Gasteiger charge is 2.63. The Morgan fingerprint density at radius 2 is 1.78 bits per heavy atom. The Bertz CT molecular complexity index is 904. The summed E-state index contributed by atoms with van der Waals surface area (Å²) < 4.78 is 16.2. The van der Waals surface area contributed by atoms with Gasteiger partial charge in [0.1, 0.15) is 11.9 Å². The number of ether oxygens (including phenoxy) is 3. The molecule has 1 heterocycles. The molecule has 8 nitrogen and oxygen atoms in total. The second kappa shape index (κ2) is 10.6. The molecule has 1 fully saturated rings. The van der Waals surface area contributed by atoms with E-state index in [1.807, 2.05) is 42.5 Å². The largest absolute Gasteiger partial charge is 0.497 e. The Morgan fingerprint density at radius 3 is 2.38 bits per heavy atom. The second-order valence-corrected chi connectivity index (χ2v) is 7.78. The number of carbonyl (C=O) groups is 2. The number of likely N-dealkylation sites (tertiary alicyclic amines) is 1. The van der Waals surface area contributed by atoms with Crippen LogP contribution in [-0.2, 0) is 32.2 Å². The van der Waals surface area contributed by atoms with Crippen molar-refractivity contribution in [1.82, 2.24) is 10.2 Å². The molecule has 0 spiro atoms. The quantitative estimate of drug-likeness (QED) is 0.536. The molecular weight excluding hydrogens is 412 g/mol. The van der Waals surface area contributed by atoms with Gasteiger partial charge in [0.25, 0.3) is 0 Å². The summed E-state index contributed by atoms with van der Waals surface area (Å²) in [6, 6.07) is 16.7. The fraction of sp³-hybridized carbons (Fsp3) is 0.417. The maximum absolute atomic E-state index is 13.3. The van der Waals surface area contributed by atoms with Crippen molar-refractivity contribution in [2.45, 2.75) is 24.8 Å². The fourth-order valence-electron chi connectivity index (χ4n) is 4.10. The molecule has 0 saturated carbocycles. The van der Waals surface area contributed by atoms with Crippen molar-refractivity contribution in [3.05, 3.63) is 65.7 Å². The summed E-state index contributed by atoms with van der Waals surface area (Å²) in [5, 5.41) is 14.2. The van der Waals surface area contributed by atoms with Crippen LogP contribution < -0.4 is 10.1 Å². The van der Waals surface area contributed by atoms with E-state index in [9.17, 15) is 14.7 Å². The van der Waals surface area contributed by atoms with Crippen LogP contribution in [0.5, 0.6) is 5.75 Å². The van der Waals surface area contributed by atoms with Crippen molar-refractivity contribution in [2.75, 3.05) is 34.4 Å². The van der Waals surface area contributed by atoms with Crippen molar-refractivity contribution in [1.29, 1.82) is 0 Å². The van der Waals surface area contributed by atoms with E-state index >= 15 is 0 Å². The number of aliphatic hydroxyl groups excluding tert-OH is 1. The van der Waals surface area contributed by atoms with Crippen molar-refractivity contribution in [3.8, 4) is 5.75 Å². The lowest BCUT2D eigenvalue weighted by molar-refractivity contribution is -0.169. The molecule has 1 saturated heterocycles. The highest BCUT2D eigenvalue weighted by molar-refractivity contribution is 5.95. The van der Waals surface area contributed by atoms with Gasteiger partial charge in [-0.1, -0.05) is 42.5 Å². The summed E-state index contributed by atoms with van der Waals surface area (Å²) in [7, 11) is 4.51.